The van der Waals surface area contributed by atoms with Gasteiger partial charge < -0.3 is 5.32 Å². The lowest BCUT2D eigenvalue weighted by molar-refractivity contribution is -0.113. The Balaban J connectivity index is 1.66. The molecular formula is C15H13N3OS3. The monoisotopic (exact) mass is 347 g/mol. The summed E-state index contributed by atoms with van der Waals surface area (Å²) in [5.41, 5.74) is 0.851. The maximum Gasteiger partial charge on any atom is 0.234 e. The van der Waals surface area contributed by atoms with Crippen LogP contribution in [0.4, 0.5) is 5.69 Å². The van der Waals surface area contributed by atoms with Gasteiger partial charge in [0, 0.05) is 10.3 Å². The quantitative estimate of drug-likeness (QED) is 0.555. The molecule has 0 radical (unpaired) electrons. The summed E-state index contributed by atoms with van der Waals surface area (Å²) < 4.78 is 0. The number of hydrogen-bond donors (Lipinski definition) is 1. The van der Waals surface area contributed by atoms with Crippen LogP contribution in [0.2, 0.25) is 0 Å². The largest absolute Gasteiger partial charge is 0.324 e. The molecule has 0 saturated heterocycles. The van der Waals surface area contributed by atoms with Gasteiger partial charge in [0.05, 0.1) is 11.4 Å². The Hall–Kier alpha value is -1.57. The molecule has 1 aromatic carbocycles. The number of thiophene rings is 1. The number of thioether (sulfide) groups is 2. The predicted octanol–water partition coefficient (Wildman–Crippen LogP) is 4.14. The summed E-state index contributed by atoms with van der Waals surface area (Å²) in [4.78, 5) is 22.6. The van der Waals surface area contributed by atoms with Gasteiger partial charge in [-0.15, -0.1) is 23.1 Å². The highest BCUT2D eigenvalue weighted by Gasteiger charge is 2.10. The van der Waals surface area contributed by atoms with Gasteiger partial charge in [0.15, 0.2) is 0 Å². The van der Waals surface area contributed by atoms with Crippen LogP contribution in [0.3, 0.4) is 0 Å². The number of amides is 1. The number of para-hydroxylation sites is 1. The molecule has 112 valence electrons. The highest BCUT2D eigenvalue weighted by molar-refractivity contribution is 8.00. The Labute approximate surface area is 140 Å². The van der Waals surface area contributed by atoms with Crippen molar-refractivity contribution in [1.82, 2.24) is 9.97 Å². The molecule has 0 aliphatic heterocycles. The van der Waals surface area contributed by atoms with Crippen LogP contribution in [-0.2, 0) is 4.79 Å². The van der Waals surface area contributed by atoms with Crippen LogP contribution in [0.5, 0.6) is 0 Å². The minimum Gasteiger partial charge on any atom is -0.324 e. The minimum atomic E-state index is -0.0338. The Morgan fingerprint density at radius 2 is 2.14 bits per heavy atom. The van der Waals surface area contributed by atoms with Gasteiger partial charge in [0.25, 0.3) is 0 Å². The van der Waals surface area contributed by atoms with Crippen molar-refractivity contribution in [1.29, 1.82) is 0 Å². The Morgan fingerprint density at radius 3 is 3.00 bits per heavy atom. The minimum absolute atomic E-state index is 0.0338. The first-order chi connectivity index (χ1) is 10.8. The van der Waals surface area contributed by atoms with Crippen LogP contribution >= 0.6 is 34.9 Å². The van der Waals surface area contributed by atoms with E-state index in [4.69, 9.17) is 0 Å². The highest BCUT2D eigenvalue weighted by Crippen LogP contribution is 2.28. The molecule has 4 nitrogen and oxygen atoms in total. The number of aromatic nitrogens is 2. The van der Waals surface area contributed by atoms with Gasteiger partial charge >= 0.3 is 0 Å². The Bertz CT molecular complexity index is 803. The molecular weight excluding hydrogens is 334 g/mol. The number of rotatable bonds is 5. The summed E-state index contributed by atoms with van der Waals surface area (Å²) in [5, 5.41) is 6.79. The van der Waals surface area contributed by atoms with Gasteiger partial charge in [-0.05, 0) is 29.8 Å². The molecule has 3 aromatic rings. The summed E-state index contributed by atoms with van der Waals surface area (Å²) in [7, 11) is 0. The van der Waals surface area contributed by atoms with E-state index in [0.29, 0.717) is 5.75 Å². The fourth-order valence-electron chi connectivity index (χ4n) is 1.95. The van der Waals surface area contributed by atoms with Crippen molar-refractivity contribution in [3.05, 3.63) is 42.0 Å². The molecule has 0 aliphatic carbocycles. The molecule has 0 aliphatic rings. The number of hydrogen-bond acceptors (Lipinski definition) is 6. The van der Waals surface area contributed by atoms with Crippen molar-refractivity contribution in [2.75, 3.05) is 17.3 Å². The zero-order valence-electron chi connectivity index (χ0n) is 11.8. The molecule has 7 heteroatoms. The maximum atomic E-state index is 12.1. The average molecular weight is 347 g/mol. The number of benzene rings is 1. The second-order valence-electron chi connectivity index (χ2n) is 4.36. The standard InChI is InChI=1S/C15H13N3OS3/c1-20-12-5-3-2-4-11(12)18-13(19)8-22-15-10-6-7-21-14(10)16-9-17-15/h2-7,9H,8H2,1H3,(H,18,19). The van der Waals surface area contributed by atoms with Gasteiger partial charge in [-0.2, -0.15) is 0 Å². The van der Waals surface area contributed by atoms with E-state index in [-0.39, 0.29) is 5.91 Å². The number of fused-ring (bicyclic) bond motifs is 1. The summed E-state index contributed by atoms with van der Waals surface area (Å²) in [6.45, 7) is 0. The summed E-state index contributed by atoms with van der Waals surface area (Å²) in [6.07, 6.45) is 3.54. The van der Waals surface area contributed by atoms with E-state index in [1.54, 1.807) is 29.4 Å². The van der Waals surface area contributed by atoms with E-state index < -0.39 is 0 Å². The van der Waals surface area contributed by atoms with Gasteiger partial charge in [-0.25, -0.2) is 9.97 Å². The average Bonchev–Trinajstić information content (AvgIpc) is 3.02. The van der Waals surface area contributed by atoms with Gasteiger partial charge in [0.2, 0.25) is 5.91 Å². The van der Waals surface area contributed by atoms with E-state index in [0.717, 1.165) is 25.8 Å². The number of nitrogens with zero attached hydrogens (tertiary/aromatic N) is 2. The fourth-order valence-corrected chi connectivity index (χ4v) is 4.08. The molecule has 0 bridgehead atoms. The second-order valence-corrected chi connectivity index (χ2v) is 7.06. The molecule has 1 N–H and O–H groups in total. The second kappa shape index (κ2) is 7.13. The van der Waals surface area contributed by atoms with Crippen molar-refractivity contribution in [2.45, 2.75) is 9.92 Å². The summed E-state index contributed by atoms with van der Waals surface area (Å²) in [5.74, 6) is 0.290. The molecule has 22 heavy (non-hydrogen) atoms. The third-order valence-electron chi connectivity index (χ3n) is 2.95. The molecule has 3 rings (SSSR count). The zero-order chi connectivity index (χ0) is 15.4. The zero-order valence-corrected chi connectivity index (χ0v) is 14.2. The smallest absolute Gasteiger partial charge is 0.234 e. The van der Waals surface area contributed by atoms with E-state index in [9.17, 15) is 4.79 Å². The molecule has 0 fully saturated rings. The molecule has 2 aromatic heterocycles. The number of carbonyl (C=O) groups is 1. The van der Waals surface area contributed by atoms with Crippen molar-refractivity contribution >= 4 is 56.7 Å². The third-order valence-corrected chi connectivity index (χ3v) is 5.57. The summed E-state index contributed by atoms with van der Waals surface area (Å²) in [6, 6.07) is 9.78. The molecule has 0 atom stereocenters. The van der Waals surface area contributed by atoms with Gasteiger partial charge in [0.1, 0.15) is 16.2 Å². The van der Waals surface area contributed by atoms with Crippen molar-refractivity contribution < 1.29 is 4.79 Å². The van der Waals surface area contributed by atoms with Crippen LogP contribution in [0.25, 0.3) is 10.2 Å². The van der Waals surface area contributed by atoms with E-state index in [1.807, 2.05) is 42.0 Å². The lowest BCUT2D eigenvalue weighted by Crippen LogP contribution is -2.14. The summed E-state index contributed by atoms with van der Waals surface area (Å²) >= 11 is 4.62. The van der Waals surface area contributed by atoms with Crippen LogP contribution in [0.1, 0.15) is 0 Å². The third kappa shape index (κ3) is 3.43. The fraction of sp³-hybridized carbons (Fsp3) is 0.133. The molecule has 0 spiro atoms. The van der Waals surface area contributed by atoms with E-state index in [2.05, 4.69) is 15.3 Å². The molecule has 0 saturated carbocycles. The number of carbonyl (C=O) groups excluding carboxylic acids is 1. The van der Waals surface area contributed by atoms with E-state index >= 15 is 0 Å². The molecule has 1 amide bonds. The van der Waals surface area contributed by atoms with Crippen LogP contribution in [0.15, 0.2) is 52.0 Å². The van der Waals surface area contributed by atoms with Gasteiger partial charge in [-0.3, -0.25) is 4.79 Å². The predicted molar refractivity (Wildman–Crippen MR) is 95.0 cm³/mol. The van der Waals surface area contributed by atoms with Crippen LogP contribution < -0.4 is 5.32 Å². The highest BCUT2D eigenvalue weighted by atomic mass is 32.2. The maximum absolute atomic E-state index is 12.1. The Kier molecular flexibility index (Phi) is 4.97. The SMILES string of the molecule is CSc1ccccc1NC(=O)CSc1ncnc2sccc12. The van der Waals surface area contributed by atoms with Crippen molar-refractivity contribution in [3.8, 4) is 0 Å². The van der Waals surface area contributed by atoms with E-state index in [1.165, 1.54) is 11.8 Å². The number of anilines is 1. The van der Waals surface area contributed by atoms with Gasteiger partial charge in [-0.1, -0.05) is 23.9 Å². The first kappa shape index (κ1) is 15.3. The Morgan fingerprint density at radius 1 is 1.27 bits per heavy atom. The number of nitrogens with one attached hydrogen (secondary N) is 1. The topological polar surface area (TPSA) is 54.9 Å². The van der Waals surface area contributed by atoms with Crippen molar-refractivity contribution in [3.63, 3.8) is 0 Å². The van der Waals surface area contributed by atoms with Crippen molar-refractivity contribution in [2.24, 2.45) is 0 Å². The lowest BCUT2D eigenvalue weighted by Gasteiger charge is -2.09. The molecule has 0 unspecified atom stereocenters. The lowest BCUT2D eigenvalue weighted by atomic mass is 10.3. The first-order valence-corrected chi connectivity index (χ1v) is 9.61. The van der Waals surface area contributed by atoms with Crippen LogP contribution in [0, 0.1) is 0 Å². The van der Waals surface area contributed by atoms with Crippen LogP contribution in [-0.4, -0.2) is 27.9 Å². The first-order valence-electron chi connectivity index (χ1n) is 6.52. The normalized spacial score (nSPS) is 10.8. The molecule has 2 heterocycles.